The van der Waals surface area contributed by atoms with Crippen molar-refractivity contribution in [2.24, 2.45) is 0 Å². The molecule has 1 aliphatic rings. The third-order valence-corrected chi connectivity index (χ3v) is 2.93. The Hall–Kier alpha value is -2.02. The van der Waals surface area contributed by atoms with Crippen LogP contribution in [0.3, 0.4) is 0 Å². The van der Waals surface area contributed by atoms with Crippen molar-refractivity contribution in [2.75, 3.05) is 7.11 Å². The topological polar surface area (TPSA) is 70.3 Å². The van der Waals surface area contributed by atoms with Gasteiger partial charge in [0.05, 0.1) is 18.6 Å². The third-order valence-electron chi connectivity index (χ3n) is 2.93. The molecule has 1 aliphatic carbocycles. The van der Waals surface area contributed by atoms with Crippen molar-refractivity contribution in [2.45, 2.75) is 18.3 Å². The van der Waals surface area contributed by atoms with Gasteiger partial charge in [-0.1, -0.05) is 6.07 Å². The van der Waals surface area contributed by atoms with Crippen LogP contribution in [0.1, 0.15) is 18.4 Å². The molecule has 0 amide bonds. The Morgan fingerprint density at radius 3 is 2.62 bits per heavy atom. The molecule has 0 saturated heterocycles. The van der Waals surface area contributed by atoms with Gasteiger partial charge in [0.1, 0.15) is 17.3 Å². The number of benzene rings is 1. The van der Waals surface area contributed by atoms with Crippen molar-refractivity contribution in [3.8, 4) is 17.6 Å². The predicted octanol–water partition coefficient (Wildman–Crippen LogP) is 1.53. The Morgan fingerprint density at radius 2 is 2.19 bits per heavy atom. The number of phenols is 1. The fourth-order valence-corrected chi connectivity index (χ4v) is 1.99. The lowest BCUT2D eigenvalue weighted by molar-refractivity contribution is -0.126. The van der Waals surface area contributed by atoms with Gasteiger partial charge in [-0.25, -0.2) is 0 Å². The van der Waals surface area contributed by atoms with Gasteiger partial charge in [0.25, 0.3) is 0 Å². The summed E-state index contributed by atoms with van der Waals surface area (Å²) in [5, 5.41) is 18.9. The van der Waals surface area contributed by atoms with Gasteiger partial charge >= 0.3 is 0 Å². The van der Waals surface area contributed by atoms with Crippen molar-refractivity contribution in [1.29, 1.82) is 5.26 Å². The summed E-state index contributed by atoms with van der Waals surface area (Å²) in [5.41, 5.74) is -0.330. The first-order valence-corrected chi connectivity index (χ1v) is 4.92. The van der Waals surface area contributed by atoms with Crippen LogP contribution in [0.25, 0.3) is 0 Å². The van der Waals surface area contributed by atoms with Crippen molar-refractivity contribution >= 4 is 5.78 Å². The van der Waals surface area contributed by atoms with E-state index in [4.69, 9.17) is 10.00 Å². The van der Waals surface area contributed by atoms with E-state index in [0.29, 0.717) is 11.3 Å². The van der Waals surface area contributed by atoms with Crippen LogP contribution >= 0.6 is 0 Å². The van der Waals surface area contributed by atoms with E-state index >= 15 is 0 Å². The zero-order chi connectivity index (χ0) is 11.8. The first-order chi connectivity index (χ1) is 7.61. The number of nitriles is 1. The molecule has 1 aromatic rings. The standard InChI is InChI=1S/C12H11NO3/c1-16-9-2-3-10(11(15)4-9)12(7-13)5-8(14)6-12/h2-4,15H,5-6H2,1H3. The van der Waals surface area contributed by atoms with Crippen molar-refractivity contribution < 1.29 is 14.6 Å². The Morgan fingerprint density at radius 1 is 1.50 bits per heavy atom. The molecule has 0 unspecified atom stereocenters. The molecule has 0 atom stereocenters. The highest BCUT2D eigenvalue weighted by atomic mass is 16.5. The smallest absolute Gasteiger partial charge is 0.136 e. The summed E-state index contributed by atoms with van der Waals surface area (Å²) in [6.45, 7) is 0. The minimum Gasteiger partial charge on any atom is -0.507 e. The zero-order valence-corrected chi connectivity index (χ0v) is 8.86. The van der Waals surface area contributed by atoms with Gasteiger partial charge in [-0.05, 0) is 6.07 Å². The number of carbonyl (C=O) groups excluding carboxylic acids is 1. The molecule has 0 spiro atoms. The maximum atomic E-state index is 11.0. The maximum Gasteiger partial charge on any atom is 0.136 e. The second kappa shape index (κ2) is 3.53. The molecule has 0 radical (unpaired) electrons. The summed E-state index contributed by atoms with van der Waals surface area (Å²) in [6.07, 6.45) is 0.368. The number of hydrogen-bond donors (Lipinski definition) is 1. The Labute approximate surface area is 93.1 Å². The van der Waals surface area contributed by atoms with Gasteiger partial charge in [-0.15, -0.1) is 0 Å². The van der Waals surface area contributed by atoms with E-state index in [-0.39, 0.29) is 24.4 Å². The van der Waals surface area contributed by atoms with E-state index in [2.05, 4.69) is 6.07 Å². The van der Waals surface area contributed by atoms with E-state index in [1.807, 2.05) is 0 Å². The SMILES string of the molecule is COc1ccc(C2(C#N)CC(=O)C2)c(O)c1. The molecule has 1 saturated carbocycles. The lowest BCUT2D eigenvalue weighted by atomic mass is 9.64. The summed E-state index contributed by atoms with van der Waals surface area (Å²) in [7, 11) is 1.50. The fraction of sp³-hybridized carbons (Fsp3) is 0.333. The molecule has 4 heteroatoms. The largest absolute Gasteiger partial charge is 0.507 e. The summed E-state index contributed by atoms with van der Waals surface area (Å²) in [5.74, 6) is 0.588. The lowest BCUT2D eigenvalue weighted by Gasteiger charge is -2.34. The summed E-state index contributed by atoms with van der Waals surface area (Å²) < 4.78 is 4.96. The van der Waals surface area contributed by atoms with Crippen LogP contribution in [0.4, 0.5) is 0 Å². The number of Topliss-reactive ketones (excluding diaryl/α,β-unsaturated/α-hetero) is 1. The molecule has 1 N–H and O–H groups in total. The number of rotatable bonds is 2. The first-order valence-electron chi connectivity index (χ1n) is 4.92. The van der Waals surface area contributed by atoms with Crippen LogP contribution in [0.15, 0.2) is 18.2 Å². The Balaban J connectivity index is 2.41. The van der Waals surface area contributed by atoms with Crippen molar-refractivity contribution in [1.82, 2.24) is 0 Å². The Bertz CT molecular complexity index is 480. The molecule has 82 valence electrons. The van der Waals surface area contributed by atoms with Gasteiger partial charge in [0, 0.05) is 24.5 Å². The monoisotopic (exact) mass is 217 g/mol. The number of aromatic hydroxyl groups is 1. The molecule has 0 aliphatic heterocycles. The molecule has 0 bridgehead atoms. The number of ether oxygens (including phenoxy) is 1. The minimum atomic E-state index is -0.840. The second-order valence-corrected chi connectivity index (χ2v) is 3.97. The van der Waals surface area contributed by atoms with Gasteiger partial charge in [0.2, 0.25) is 0 Å². The second-order valence-electron chi connectivity index (χ2n) is 3.97. The van der Waals surface area contributed by atoms with Crippen LogP contribution in [0.5, 0.6) is 11.5 Å². The van der Waals surface area contributed by atoms with Gasteiger partial charge < -0.3 is 9.84 Å². The quantitative estimate of drug-likeness (QED) is 0.815. The number of methoxy groups -OCH3 is 1. The molecule has 2 rings (SSSR count). The summed E-state index contributed by atoms with van der Waals surface area (Å²) >= 11 is 0. The van der Waals surface area contributed by atoms with Crippen molar-refractivity contribution in [3.05, 3.63) is 23.8 Å². The number of hydrogen-bond acceptors (Lipinski definition) is 4. The number of ketones is 1. The molecule has 1 fully saturated rings. The van der Waals surface area contributed by atoms with Crippen LogP contribution in [-0.4, -0.2) is 18.0 Å². The highest BCUT2D eigenvalue weighted by Gasteiger charge is 2.47. The average Bonchev–Trinajstić information content (AvgIpc) is 2.24. The molecule has 4 nitrogen and oxygen atoms in total. The summed E-state index contributed by atoms with van der Waals surface area (Å²) in [6, 6.07) is 6.89. The normalized spacial score (nSPS) is 17.4. The van der Waals surface area contributed by atoms with Gasteiger partial charge in [-0.3, -0.25) is 4.79 Å². The van der Waals surface area contributed by atoms with Gasteiger partial charge in [0.15, 0.2) is 0 Å². The molecule has 1 aromatic carbocycles. The lowest BCUT2D eigenvalue weighted by Crippen LogP contribution is -2.40. The molecule has 16 heavy (non-hydrogen) atoms. The van der Waals surface area contributed by atoms with E-state index in [1.165, 1.54) is 13.2 Å². The number of nitrogens with zero attached hydrogens (tertiary/aromatic N) is 1. The molecular formula is C12H11NO3. The van der Waals surface area contributed by atoms with Crippen LogP contribution in [0.2, 0.25) is 0 Å². The molecule has 0 aromatic heterocycles. The number of phenolic OH excluding ortho intramolecular Hbond substituents is 1. The Kier molecular flexibility index (Phi) is 2.31. The highest BCUT2D eigenvalue weighted by Crippen LogP contribution is 2.45. The van der Waals surface area contributed by atoms with E-state index in [1.54, 1.807) is 12.1 Å². The first kappa shape index (κ1) is 10.5. The molecular weight excluding hydrogens is 206 g/mol. The third kappa shape index (κ3) is 1.41. The minimum absolute atomic E-state index is 0.00778. The van der Waals surface area contributed by atoms with Crippen LogP contribution < -0.4 is 4.74 Å². The zero-order valence-electron chi connectivity index (χ0n) is 8.86. The fourth-order valence-electron chi connectivity index (χ4n) is 1.99. The van der Waals surface area contributed by atoms with Crippen molar-refractivity contribution in [3.63, 3.8) is 0 Å². The van der Waals surface area contributed by atoms with E-state index in [0.717, 1.165) is 0 Å². The highest BCUT2D eigenvalue weighted by molar-refractivity contribution is 5.90. The maximum absolute atomic E-state index is 11.0. The predicted molar refractivity (Wildman–Crippen MR) is 56.2 cm³/mol. The van der Waals surface area contributed by atoms with E-state index < -0.39 is 5.41 Å². The van der Waals surface area contributed by atoms with E-state index in [9.17, 15) is 9.90 Å². The average molecular weight is 217 g/mol. The molecule has 0 heterocycles. The summed E-state index contributed by atoms with van der Waals surface area (Å²) in [4.78, 5) is 11.0. The van der Waals surface area contributed by atoms with Crippen LogP contribution in [0, 0.1) is 11.3 Å². The number of carbonyl (C=O) groups is 1. The van der Waals surface area contributed by atoms with Crippen LogP contribution in [-0.2, 0) is 10.2 Å². The van der Waals surface area contributed by atoms with Gasteiger partial charge in [-0.2, -0.15) is 5.26 Å².